The summed E-state index contributed by atoms with van der Waals surface area (Å²) in [5.74, 6) is -2.70. The minimum atomic E-state index is -1.19. The Hall–Kier alpha value is -2.03. The van der Waals surface area contributed by atoms with Crippen molar-refractivity contribution >= 4 is 33.6 Å². The Balaban J connectivity index is 2.76. The highest BCUT2D eigenvalue weighted by atomic mass is 79.9. The van der Waals surface area contributed by atoms with Gasteiger partial charge in [0, 0.05) is 36.7 Å². The Morgan fingerprint density at radius 3 is 2.45 bits per heavy atom. The predicted molar refractivity (Wildman–Crippen MR) is 112 cm³/mol. The zero-order valence-corrected chi connectivity index (χ0v) is 18.6. The molecule has 1 N–H and O–H groups in total. The van der Waals surface area contributed by atoms with E-state index in [1.54, 1.807) is 21.0 Å². The topological polar surface area (TPSA) is 94.4 Å². The normalized spacial score (nSPS) is 21.7. The number of esters is 1. The number of carboxylic acid groups (broad SMARTS) is 1. The van der Waals surface area contributed by atoms with Crippen LogP contribution in [0.15, 0.2) is 45.0 Å². The number of nitrogens with zero attached hydrogens (tertiary/aromatic N) is 1. The molecule has 0 bridgehead atoms. The van der Waals surface area contributed by atoms with Crippen molar-refractivity contribution in [2.75, 3.05) is 34.0 Å². The predicted octanol–water partition coefficient (Wildman–Crippen LogP) is 3.36. The van der Waals surface area contributed by atoms with Gasteiger partial charge in [-0.2, -0.15) is 0 Å². The molecule has 2 unspecified atom stereocenters. The van der Waals surface area contributed by atoms with E-state index >= 15 is 0 Å². The molecule has 1 aromatic rings. The molecule has 2 atom stereocenters. The van der Waals surface area contributed by atoms with Crippen LogP contribution in [0.3, 0.4) is 0 Å². The highest BCUT2D eigenvalue weighted by molar-refractivity contribution is 9.10. The Labute approximate surface area is 178 Å². The summed E-state index contributed by atoms with van der Waals surface area (Å²) >= 11 is 3.46. The van der Waals surface area contributed by atoms with Crippen molar-refractivity contribution in [1.82, 2.24) is 0 Å². The van der Waals surface area contributed by atoms with Crippen LogP contribution in [0, 0.1) is 5.92 Å². The standard InChI is InChI=1S/C21H26BrNO6/c1-13-17(19(24)25)21(8-9-27-3,15-6-5-7-16(22)12-15)18(14(2)23-13)20(26)29-11-10-28-4/h5-7,12,17H,8-11H2,1-4H3,(H,24,25). The second-order valence-electron chi connectivity index (χ2n) is 6.84. The number of methoxy groups -OCH3 is 2. The average Bonchev–Trinajstić information content (AvgIpc) is 2.65. The third-order valence-corrected chi connectivity index (χ3v) is 5.57. The molecule has 0 saturated carbocycles. The third kappa shape index (κ3) is 4.76. The first-order chi connectivity index (χ1) is 13.8. The largest absolute Gasteiger partial charge is 0.481 e. The van der Waals surface area contributed by atoms with Crippen LogP contribution in [-0.4, -0.2) is 56.8 Å². The lowest BCUT2D eigenvalue weighted by Gasteiger charge is -2.43. The molecule has 8 heteroatoms. The van der Waals surface area contributed by atoms with Crippen LogP contribution in [0.1, 0.15) is 25.8 Å². The Morgan fingerprint density at radius 1 is 1.17 bits per heavy atom. The number of halogens is 1. The van der Waals surface area contributed by atoms with Crippen molar-refractivity contribution in [3.05, 3.63) is 45.6 Å². The third-order valence-electron chi connectivity index (χ3n) is 5.07. The number of carboxylic acids is 1. The Bertz CT molecular complexity index is 834. The average molecular weight is 468 g/mol. The van der Waals surface area contributed by atoms with Gasteiger partial charge in [0.15, 0.2) is 0 Å². The molecular weight excluding hydrogens is 442 g/mol. The summed E-state index contributed by atoms with van der Waals surface area (Å²) in [6.07, 6.45) is 0.274. The maximum atomic E-state index is 13.1. The second-order valence-corrected chi connectivity index (χ2v) is 7.75. The number of rotatable bonds is 9. The summed E-state index contributed by atoms with van der Waals surface area (Å²) in [5.41, 5.74) is 0.606. The lowest BCUT2D eigenvalue weighted by atomic mass is 9.60. The second kappa shape index (κ2) is 10.1. The molecule has 1 aromatic carbocycles. The lowest BCUT2D eigenvalue weighted by Crippen LogP contribution is -2.50. The van der Waals surface area contributed by atoms with E-state index in [4.69, 9.17) is 14.2 Å². The Kier molecular flexibility index (Phi) is 8.13. The molecule has 1 aliphatic heterocycles. The van der Waals surface area contributed by atoms with Crippen LogP contribution in [0.25, 0.3) is 0 Å². The fourth-order valence-electron chi connectivity index (χ4n) is 3.97. The van der Waals surface area contributed by atoms with Crippen molar-refractivity contribution in [2.24, 2.45) is 10.9 Å². The zero-order valence-electron chi connectivity index (χ0n) is 17.0. The maximum Gasteiger partial charge on any atom is 0.336 e. The number of allylic oxidation sites excluding steroid dienone is 1. The van der Waals surface area contributed by atoms with E-state index in [1.165, 1.54) is 7.11 Å². The molecule has 1 aliphatic rings. The molecule has 0 amide bonds. The van der Waals surface area contributed by atoms with E-state index in [0.717, 1.165) is 4.47 Å². The van der Waals surface area contributed by atoms with E-state index in [9.17, 15) is 14.7 Å². The molecule has 0 radical (unpaired) electrons. The van der Waals surface area contributed by atoms with Crippen LogP contribution in [0.2, 0.25) is 0 Å². The van der Waals surface area contributed by atoms with Crippen molar-refractivity contribution in [3.63, 3.8) is 0 Å². The summed E-state index contributed by atoms with van der Waals surface area (Å²) in [6.45, 7) is 3.94. The molecule has 0 saturated heterocycles. The molecule has 2 rings (SSSR count). The molecule has 0 aromatic heterocycles. The molecule has 0 fully saturated rings. The lowest BCUT2D eigenvalue weighted by molar-refractivity contribution is -0.144. The summed E-state index contributed by atoms with van der Waals surface area (Å²) < 4.78 is 16.5. The minimum Gasteiger partial charge on any atom is -0.481 e. The molecular formula is C21H26BrNO6. The molecule has 1 heterocycles. The molecule has 0 spiro atoms. The molecule has 0 aliphatic carbocycles. The van der Waals surface area contributed by atoms with Crippen LogP contribution in [0.4, 0.5) is 0 Å². The van der Waals surface area contributed by atoms with Gasteiger partial charge in [0.1, 0.15) is 12.5 Å². The summed E-state index contributed by atoms with van der Waals surface area (Å²) in [4.78, 5) is 30.0. The zero-order chi connectivity index (χ0) is 21.6. The quantitative estimate of drug-likeness (QED) is 0.441. The number of aliphatic imine (C=N–C) groups is 1. The van der Waals surface area contributed by atoms with Gasteiger partial charge in [-0.3, -0.25) is 9.79 Å². The first kappa shape index (κ1) is 23.3. The molecule has 29 heavy (non-hydrogen) atoms. The van der Waals surface area contributed by atoms with Gasteiger partial charge in [0.25, 0.3) is 0 Å². The smallest absolute Gasteiger partial charge is 0.336 e. The molecule has 158 valence electrons. The van der Waals surface area contributed by atoms with Crippen molar-refractivity contribution < 1.29 is 28.9 Å². The van der Waals surface area contributed by atoms with Crippen LogP contribution < -0.4 is 0 Å². The first-order valence-corrected chi connectivity index (χ1v) is 9.99. The highest BCUT2D eigenvalue weighted by Gasteiger charge is 2.54. The highest BCUT2D eigenvalue weighted by Crippen LogP contribution is 2.48. The van der Waals surface area contributed by atoms with Crippen LogP contribution >= 0.6 is 15.9 Å². The van der Waals surface area contributed by atoms with E-state index in [1.807, 2.05) is 24.3 Å². The number of benzene rings is 1. The van der Waals surface area contributed by atoms with Gasteiger partial charge in [0.05, 0.1) is 17.6 Å². The molecule has 7 nitrogen and oxygen atoms in total. The fraction of sp³-hybridized carbons (Fsp3) is 0.476. The van der Waals surface area contributed by atoms with Gasteiger partial charge >= 0.3 is 11.9 Å². The van der Waals surface area contributed by atoms with Gasteiger partial charge in [-0.05, 0) is 38.0 Å². The number of carbonyl (C=O) groups is 2. The van der Waals surface area contributed by atoms with Gasteiger partial charge < -0.3 is 19.3 Å². The van der Waals surface area contributed by atoms with Crippen LogP contribution in [0.5, 0.6) is 0 Å². The fourth-order valence-corrected chi connectivity index (χ4v) is 4.37. The minimum absolute atomic E-state index is 0.0609. The summed E-state index contributed by atoms with van der Waals surface area (Å²) in [6, 6.07) is 7.32. The number of ether oxygens (including phenoxy) is 3. The van der Waals surface area contributed by atoms with E-state index in [0.29, 0.717) is 17.0 Å². The number of hydrogen-bond acceptors (Lipinski definition) is 6. The first-order valence-electron chi connectivity index (χ1n) is 9.20. The van der Waals surface area contributed by atoms with Crippen molar-refractivity contribution in [2.45, 2.75) is 25.7 Å². The number of carbonyl (C=O) groups excluding carboxylic acids is 1. The Morgan fingerprint density at radius 2 is 1.86 bits per heavy atom. The SMILES string of the molecule is COCCOC(=O)C1=C(C)N=C(C)C(C(=O)O)C1(CCOC)c1cccc(Br)c1. The summed E-state index contributed by atoms with van der Waals surface area (Å²) in [7, 11) is 3.05. The van der Waals surface area contributed by atoms with E-state index in [2.05, 4.69) is 20.9 Å². The van der Waals surface area contributed by atoms with Gasteiger partial charge in [-0.15, -0.1) is 0 Å². The van der Waals surface area contributed by atoms with E-state index in [-0.39, 0.29) is 31.8 Å². The monoisotopic (exact) mass is 467 g/mol. The van der Waals surface area contributed by atoms with Gasteiger partial charge in [-0.1, -0.05) is 28.1 Å². The summed E-state index contributed by atoms with van der Waals surface area (Å²) in [5, 5.41) is 10.1. The van der Waals surface area contributed by atoms with Gasteiger partial charge in [-0.25, -0.2) is 4.79 Å². The van der Waals surface area contributed by atoms with Crippen molar-refractivity contribution in [1.29, 1.82) is 0 Å². The van der Waals surface area contributed by atoms with E-state index < -0.39 is 23.3 Å². The maximum absolute atomic E-state index is 13.1. The van der Waals surface area contributed by atoms with Gasteiger partial charge in [0.2, 0.25) is 0 Å². The number of aliphatic carboxylic acids is 1. The van der Waals surface area contributed by atoms with Crippen molar-refractivity contribution in [3.8, 4) is 0 Å². The number of hydrogen-bond donors (Lipinski definition) is 1. The van der Waals surface area contributed by atoms with Crippen LogP contribution in [-0.2, 0) is 29.2 Å².